The van der Waals surface area contributed by atoms with Crippen molar-refractivity contribution in [2.75, 3.05) is 5.32 Å². The summed E-state index contributed by atoms with van der Waals surface area (Å²) >= 11 is 0. The summed E-state index contributed by atoms with van der Waals surface area (Å²) in [5, 5.41) is 6.09. The molecule has 1 aliphatic heterocycles. The van der Waals surface area contributed by atoms with Crippen LogP contribution in [0.5, 0.6) is 11.5 Å². The third-order valence-electron chi connectivity index (χ3n) is 6.99. The van der Waals surface area contributed by atoms with Crippen LogP contribution in [-0.4, -0.2) is 5.78 Å². The van der Waals surface area contributed by atoms with Crippen molar-refractivity contribution in [3.05, 3.63) is 108 Å². The Kier molecular flexibility index (Phi) is 4.80. The Morgan fingerprint density at radius 2 is 1.62 bits per heavy atom. The van der Waals surface area contributed by atoms with Crippen molar-refractivity contribution in [2.45, 2.75) is 32.6 Å². The van der Waals surface area contributed by atoms with E-state index < -0.39 is 0 Å². The summed E-state index contributed by atoms with van der Waals surface area (Å²) in [7, 11) is 0. The average molecular weight is 446 g/mol. The molecule has 0 spiro atoms. The van der Waals surface area contributed by atoms with Crippen molar-refractivity contribution >= 4 is 27.9 Å². The standard InChI is InChI=1S/C31H27NO2/c1-31(2)18-25-28-24-14-7-6-9-20(24)15-16-26(28)32-30(29(25)27(33)19-31)21-10-8-13-23(17-21)34-22-11-4-3-5-12-22/h3-17,25,32H,18-19H2,1-2H3/t25-/m1/s1. The number of hydrogen-bond acceptors (Lipinski definition) is 3. The van der Waals surface area contributed by atoms with Gasteiger partial charge in [0.2, 0.25) is 0 Å². The first-order valence-electron chi connectivity index (χ1n) is 11.9. The monoisotopic (exact) mass is 445 g/mol. The van der Waals surface area contributed by atoms with Gasteiger partial charge < -0.3 is 10.1 Å². The zero-order valence-electron chi connectivity index (χ0n) is 19.5. The van der Waals surface area contributed by atoms with Gasteiger partial charge in [0.25, 0.3) is 0 Å². The second kappa shape index (κ2) is 7.88. The lowest BCUT2D eigenvalue weighted by Gasteiger charge is -2.41. The van der Waals surface area contributed by atoms with Gasteiger partial charge in [0.1, 0.15) is 11.5 Å². The molecule has 0 bridgehead atoms. The third-order valence-corrected chi connectivity index (χ3v) is 6.99. The van der Waals surface area contributed by atoms with Crippen LogP contribution in [0.1, 0.15) is 43.7 Å². The van der Waals surface area contributed by atoms with Gasteiger partial charge in [-0.15, -0.1) is 0 Å². The fraction of sp³-hybridized carbons (Fsp3) is 0.194. The molecule has 1 N–H and O–H groups in total. The number of para-hydroxylation sites is 1. The number of ketones is 1. The van der Waals surface area contributed by atoms with E-state index in [4.69, 9.17) is 4.74 Å². The molecule has 1 heterocycles. The Labute approximate surface area is 200 Å². The number of carbonyl (C=O) groups excluding carboxylic acids is 1. The van der Waals surface area contributed by atoms with Crippen LogP contribution in [0.4, 0.5) is 5.69 Å². The summed E-state index contributed by atoms with van der Waals surface area (Å²) in [6.07, 6.45) is 1.50. The lowest BCUT2D eigenvalue weighted by atomic mass is 9.64. The summed E-state index contributed by atoms with van der Waals surface area (Å²) in [6.45, 7) is 4.42. The Hall–Kier alpha value is -3.85. The van der Waals surface area contributed by atoms with Gasteiger partial charge in [0.15, 0.2) is 5.78 Å². The Bertz CT molecular complexity index is 1450. The number of Topliss-reactive ketones (excluding diaryl/α,β-unsaturated/α-hetero) is 1. The van der Waals surface area contributed by atoms with Gasteiger partial charge in [-0.2, -0.15) is 0 Å². The number of hydrogen-bond donors (Lipinski definition) is 1. The van der Waals surface area contributed by atoms with Gasteiger partial charge in [-0.25, -0.2) is 0 Å². The summed E-state index contributed by atoms with van der Waals surface area (Å²) in [4.78, 5) is 13.6. The van der Waals surface area contributed by atoms with Crippen LogP contribution in [-0.2, 0) is 4.79 Å². The Balaban J connectivity index is 1.50. The van der Waals surface area contributed by atoms with Crippen molar-refractivity contribution in [3.63, 3.8) is 0 Å². The fourth-order valence-electron chi connectivity index (χ4n) is 5.56. The Morgan fingerprint density at radius 3 is 2.47 bits per heavy atom. The summed E-state index contributed by atoms with van der Waals surface area (Å²) < 4.78 is 6.10. The van der Waals surface area contributed by atoms with Gasteiger partial charge in [-0.1, -0.05) is 74.5 Å². The quantitative estimate of drug-likeness (QED) is 0.348. The average Bonchev–Trinajstić information content (AvgIpc) is 2.83. The molecule has 1 fully saturated rings. The van der Waals surface area contributed by atoms with Crippen molar-refractivity contribution in [1.82, 2.24) is 0 Å². The first-order chi connectivity index (χ1) is 16.5. The predicted molar refractivity (Wildman–Crippen MR) is 138 cm³/mol. The number of allylic oxidation sites excluding steroid dienone is 1. The van der Waals surface area contributed by atoms with Crippen LogP contribution in [0.2, 0.25) is 0 Å². The smallest absolute Gasteiger partial charge is 0.162 e. The molecule has 1 saturated carbocycles. The zero-order chi connectivity index (χ0) is 23.3. The van der Waals surface area contributed by atoms with Crippen LogP contribution in [0.15, 0.2) is 96.6 Å². The lowest BCUT2D eigenvalue weighted by Crippen LogP contribution is -2.34. The van der Waals surface area contributed by atoms with E-state index in [1.165, 1.54) is 16.3 Å². The molecule has 168 valence electrons. The highest BCUT2D eigenvalue weighted by Gasteiger charge is 2.42. The second-order valence-corrected chi connectivity index (χ2v) is 10.1. The molecule has 1 aliphatic carbocycles. The predicted octanol–water partition coefficient (Wildman–Crippen LogP) is 7.94. The van der Waals surface area contributed by atoms with E-state index >= 15 is 0 Å². The van der Waals surface area contributed by atoms with Crippen LogP contribution in [0.25, 0.3) is 16.5 Å². The maximum absolute atomic E-state index is 13.6. The van der Waals surface area contributed by atoms with Crippen molar-refractivity contribution in [3.8, 4) is 11.5 Å². The molecular formula is C31H27NO2. The molecule has 34 heavy (non-hydrogen) atoms. The van der Waals surface area contributed by atoms with Crippen molar-refractivity contribution in [1.29, 1.82) is 0 Å². The number of carbonyl (C=O) groups is 1. The van der Waals surface area contributed by atoms with Crippen LogP contribution >= 0.6 is 0 Å². The topological polar surface area (TPSA) is 38.3 Å². The fourth-order valence-corrected chi connectivity index (χ4v) is 5.56. The zero-order valence-corrected chi connectivity index (χ0v) is 19.5. The van der Waals surface area contributed by atoms with Crippen molar-refractivity contribution < 1.29 is 9.53 Å². The van der Waals surface area contributed by atoms with E-state index in [-0.39, 0.29) is 17.1 Å². The minimum Gasteiger partial charge on any atom is -0.457 e. The number of ether oxygens (including phenoxy) is 1. The van der Waals surface area contributed by atoms with E-state index in [0.29, 0.717) is 6.42 Å². The third kappa shape index (κ3) is 3.58. The van der Waals surface area contributed by atoms with Gasteiger partial charge in [0, 0.05) is 29.2 Å². The highest BCUT2D eigenvalue weighted by Crippen LogP contribution is 2.53. The number of fused-ring (bicyclic) bond motifs is 5. The molecule has 0 unspecified atom stereocenters. The van der Waals surface area contributed by atoms with Crippen LogP contribution in [0.3, 0.4) is 0 Å². The number of anilines is 1. The van der Waals surface area contributed by atoms with Crippen LogP contribution in [0, 0.1) is 5.41 Å². The highest BCUT2D eigenvalue weighted by molar-refractivity contribution is 6.10. The van der Waals surface area contributed by atoms with Gasteiger partial charge >= 0.3 is 0 Å². The minimum atomic E-state index is -0.0415. The maximum atomic E-state index is 13.6. The van der Waals surface area contributed by atoms with E-state index in [2.05, 4.69) is 61.6 Å². The molecular weight excluding hydrogens is 418 g/mol. The summed E-state index contributed by atoms with van der Waals surface area (Å²) in [6, 6.07) is 30.6. The molecule has 0 saturated heterocycles. The number of rotatable bonds is 3. The molecule has 4 aromatic rings. The van der Waals surface area contributed by atoms with E-state index in [1.54, 1.807) is 0 Å². The summed E-state index contributed by atoms with van der Waals surface area (Å²) in [5.74, 6) is 1.84. The summed E-state index contributed by atoms with van der Waals surface area (Å²) in [5.41, 5.74) is 5.07. The first kappa shape index (κ1) is 20.7. The first-order valence-corrected chi connectivity index (χ1v) is 11.9. The molecule has 3 heteroatoms. The Morgan fingerprint density at radius 1 is 0.853 bits per heavy atom. The molecule has 4 aromatic carbocycles. The van der Waals surface area contributed by atoms with E-state index in [1.807, 2.05) is 48.5 Å². The van der Waals surface area contributed by atoms with Crippen LogP contribution < -0.4 is 10.1 Å². The lowest BCUT2D eigenvalue weighted by molar-refractivity contribution is -0.119. The number of benzene rings is 4. The maximum Gasteiger partial charge on any atom is 0.162 e. The normalized spacial score (nSPS) is 18.8. The van der Waals surface area contributed by atoms with Gasteiger partial charge in [0.05, 0.1) is 5.70 Å². The van der Waals surface area contributed by atoms with Gasteiger partial charge in [-0.05, 0) is 58.5 Å². The molecule has 0 amide bonds. The SMILES string of the molecule is CC1(C)CC(=O)C2=C(c3cccc(Oc4ccccc4)c3)Nc3ccc4ccccc4c3[C@H]2C1. The van der Waals surface area contributed by atoms with Gasteiger partial charge in [-0.3, -0.25) is 4.79 Å². The van der Waals surface area contributed by atoms with Crippen molar-refractivity contribution in [2.24, 2.45) is 5.41 Å². The molecule has 2 aliphatic rings. The minimum absolute atomic E-state index is 0.0415. The highest BCUT2D eigenvalue weighted by atomic mass is 16.5. The molecule has 0 radical (unpaired) electrons. The largest absolute Gasteiger partial charge is 0.457 e. The van der Waals surface area contributed by atoms with E-state index in [9.17, 15) is 4.79 Å². The molecule has 1 atom stereocenters. The molecule has 0 aromatic heterocycles. The molecule has 6 rings (SSSR count). The van der Waals surface area contributed by atoms with E-state index in [0.717, 1.165) is 40.4 Å². The number of nitrogens with one attached hydrogen (secondary N) is 1. The molecule has 3 nitrogen and oxygen atoms in total. The second-order valence-electron chi connectivity index (χ2n) is 10.1.